The lowest BCUT2D eigenvalue weighted by Gasteiger charge is -2.31. The Bertz CT molecular complexity index is 666. The standard InChI is InChI=1S/C16H22N6O/c1-12-18-15(20-23-12)13-5-4-10-22(11-13)16-17-7-6-14(19-16)21-8-2-3-9-21/h6-7,13H,2-5,8-11H2,1H3/t13-/m1/s1. The quantitative estimate of drug-likeness (QED) is 0.859. The van der Waals surface area contributed by atoms with Gasteiger partial charge in [-0.2, -0.15) is 9.97 Å². The van der Waals surface area contributed by atoms with Crippen molar-refractivity contribution in [3.05, 3.63) is 24.0 Å². The van der Waals surface area contributed by atoms with Crippen molar-refractivity contribution >= 4 is 11.8 Å². The van der Waals surface area contributed by atoms with Crippen LogP contribution in [0.3, 0.4) is 0 Å². The van der Waals surface area contributed by atoms with E-state index in [1.807, 2.05) is 19.2 Å². The molecule has 0 radical (unpaired) electrons. The van der Waals surface area contributed by atoms with E-state index in [2.05, 4.69) is 24.9 Å². The van der Waals surface area contributed by atoms with E-state index in [4.69, 9.17) is 9.51 Å². The van der Waals surface area contributed by atoms with Gasteiger partial charge < -0.3 is 14.3 Å². The van der Waals surface area contributed by atoms with Gasteiger partial charge in [0.2, 0.25) is 11.8 Å². The van der Waals surface area contributed by atoms with E-state index in [0.717, 1.165) is 56.6 Å². The number of aromatic nitrogens is 4. The van der Waals surface area contributed by atoms with E-state index in [-0.39, 0.29) is 0 Å². The molecule has 0 spiro atoms. The Morgan fingerprint density at radius 2 is 1.91 bits per heavy atom. The maximum absolute atomic E-state index is 5.13. The van der Waals surface area contributed by atoms with Gasteiger partial charge in [0.1, 0.15) is 5.82 Å². The third-order valence-corrected chi connectivity index (χ3v) is 4.67. The highest BCUT2D eigenvalue weighted by atomic mass is 16.5. The SMILES string of the molecule is Cc1nc([C@@H]2CCCN(c3nccc(N4CCCC4)n3)C2)no1. The number of rotatable bonds is 3. The van der Waals surface area contributed by atoms with Crippen LogP contribution in [-0.2, 0) is 0 Å². The number of aryl methyl sites for hydroxylation is 1. The van der Waals surface area contributed by atoms with E-state index in [0.29, 0.717) is 11.8 Å². The summed E-state index contributed by atoms with van der Waals surface area (Å²) in [7, 11) is 0. The largest absolute Gasteiger partial charge is 0.356 e. The predicted molar refractivity (Wildman–Crippen MR) is 86.7 cm³/mol. The molecule has 0 bridgehead atoms. The van der Waals surface area contributed by atoms with E-state index < -0.39 is 0 Å². The van der Waals surface area contributed by atoms with Crippen molar-refractivity contribution in [3.8, 4) is 0 Å². The van der Waals surface area contributed by atoms with Crippen LogP contribution in [0.2, 0.25) is 0 Å². The molecule has 4 rings (SSSR count). The van der Waals surface area contributed by atoms with Gasteiger partial charge in [-0.25, -0.2) is 4.98 Å². The van der Waals surface area contributed by atoms with Crippen molar-refractivity contribution in [1.82, 2.24) is 20.1 Å². The van der Waals surface area contributed by atoms with Crippen LogP contribution in [0.15, 0.2) is 16.8 Å². The van der Waals surface area contributed by atoms with Gasteiger partial charge in [-0.1, -0.05) is 5.16 Å². The smallest absolute Gasteiger partial charge is 0.227 e. The average molecular weight is 314 g/mol. The first-order valence-electron chi connectivity index (χ1n) is 8.43. The molecule has 0 aliphatic carbocycles. The summed E-state index contributed by atoms with van der Waals surface area (Å²) in [6.07, 6.45) is 6.56. The van der Waals surface area contributed by atoms with Gasteiger partial charge in [-0.3, -0.25) is 0 Å². The summed E-state index contributed by atoms with van der Waals surface area (Å²) in [5.74, 6) is 3.59. The molecule has 122 valence electrons. The van der Waals surface area contributed by atoms with E-state index in [1.165, 1.54) is 12.8 Å². The van der Waals surface area contributed by atoms with E-state index in [1.54, 1.807) is 0 Å². The number of hydrogen-bond donors (Lipinski definition) is 0. The number of piperidine rings is 1. The van der Waals surface area contributed by atoms with Crippen LogP contribution in [0.25, 0.3) is 0 Å². The van der Waals surface area contributed by atoms with Crippen LogP contribution in [0.1, 0.15) is 43.3 Å². The summed E-state index contributed by atoms with van der Waals surface area (Å²) in [6.45, 7) is 5.86. The summed E-state index contributed by atoms with van der Waals surface area (Å²) in [5, 5.41) is 4.09. The molecule has 0 amide bonds. The van der Waals surface area contributed by atoms with Crippen LogP contribution >= 0.6 is 0 Å². The molecule has 7 nitrogen and oxygen atoms in total. The van der Waals surface area contributed by atoms with Gasteiger partial charge in [0, 0.05) is 45.2 Å². The molecule has 23 heavy (non-hydrogen) atoms. The Hall–Kier alpha value is -2.18. The molecule has 2 aliphatic heterocycles. The summed E-state index contributed by atoms with van der Waals surface area (Å²) in [5.41, 5.74) is 0. The van der Waals surface area contributed by atoms with Crippen LogP contribution in [0.5, 0.6) is 0 Å². The zero-order chi connectivity index (χ0) is 15.6. The normalized spacial score (nSPS) is 21.9. The maximum Gasteiger partial charge on any atom is 0.227 e. The first-order chi connectivity index (χ1) is 11.3. The summed E-state index contributed by atoms with van der Waals surface area (Å²) in [6, 6.07) is 2.01. The topological polar surface area (TPSA) is 71.2 Å². The Morgan fingerprint density at radius 3 is 2.70 bits per heavy atom. The third kappa shape index (κ3) is 3.00. The van der Waals surface area contributed by atoms with Crippen molar-refractivity contribution in [2.24, 2.45) is 0 Å². The van der Waals surface area contributed by atoms with Gasteiger partial charge in [0.05, 0.1) is 0 Å². The van der Waals surface area contributed by atoms with E-state index >= 15 is 0 Å². The maximum atomic E-state index is 5.13. The first kappa shape index (κ1) is 14.4. The molecule has 0 N–H and O–H groups in total. The van der Waals surface area contributed by atoms with Crippen molar-refractivity contribution in [2.45, 2.75) is 38.5 Å². The Kier molecular flexibility index (Phi) is 3.85. The molecular weight excluding hydrogens is 292 g/mol. The number of nitrogens with zero attached hydrogens (tertiary/aromatic N) is 6. The highest BCUT2D eigenvalue weighted by molar-refractivity contribution is 5.44. The molecule has 2 fully saturated rings. The van der Waals surface area contributed by atoms with Crippen molar-refractivity contribution in [3.63, 3.8) is 0 Å². The van der Waals surface area contributed by atoms with Gasteiger partial charge in [0.25, 0.3) is 0 Å². The second-order valence-electron chi connectivity index (χ2n) is 6.37. The van der Waals surface area contributed by atoms with Crippen LogP contribution in [0.4, 0.5) is 11.8 Å². The Labute approximate surface area is 135 Å². The minimum atomic E-state index is 0.292. The average Bonchev–Trinajstić information content (AvgIpc) is 3.27. The molecule has 2 aliphatic rings. The molecule has 0 saturated carbocycles. The second kappa shape index (κ2) is 6.14. The molecule has 0 unspecified atom stereocenters. The lowest BCUT2D eigenvalue weighted by Crippen LogP contribution is -2.36. The molecule has 2 saturated heterocycles. The van der Waals surface area contributed by atoms with E-state index in [9.17, 15) is 0 Å². The fourth-order valence-corrected chi connectivity index (χ4v) is 3.46. The molecule has 0 aromatic carbocycles. The van der Waals surface area contributed by atoms with Gasteiger partial charge in [-0.05, 0) is 31.7 Å². The fraction of sp³-hybridized carbons (Fsp3) is 0.625. The monoisotopic (exact) mass is 314 g/mol. The fourth-order valence-electron chi connectivity index (χ4n) is 3.46. The molecule has 2 aromatic heterocycles. The predicted octanol–water partition coefficient (Wildman–Crippen LogP) is 2.15. The highest BCUT2D eigenvalue weighted by Crippen LogP contribution is 2.28. The van der Waals surface area contributed by atoms with Gasteiger partial charge in [0.15, 0.2) is 5.82 Å². The molecule has 7 heteroatoms. The lowest BCUT2D eigenvalue weighted by atomic mass is 9.98. The summed E-state index contributed by atoms with van der Waals surface area (Å²) >= 11 is 0. The molecule has 1 atom stereocenters. The number of hydrogen-bond acceptors (Lipinski definition) is 7. The third-order valence-electron chi connectivity index (χ3n) is 4.67. The Balaban J connectivity index is 1.52. The molecule has 2 aromatic rings. The molecule has 4 heterocycles. The van der Waals surface area contributed by atoms with Gasteiger partial charge in [-0.15, -0.1) is 0 Å². The van der Waals surface area contributed by atoms with Crippen LogP contribution in [0, 0.1) is 6.92 Å². The zero-order valence-corrected chi connectivity index (χ0v) is 13.5. The minimum Gasteiger partial charge on any atom is -0.356 e. The first-order valence-corrected chi connectivity index (χ1v) is 8.43. The number of anilines is 2. The summed E-state index contributed by atoms with van der Waals surface area (Å²) in [4.78, 5) is 18.3. The van der Waals surface area contributed by atoms with Crippen LogP contribution < -0.4 is 9.80 Å². The van der Waals surface area contributed by atoms with Crippen molar-refractivity contribution < 1.29 is 4.52 Å². The minimum absolute atomic E-state index is 0.292. The summed E-state index contributed by atoms with van der Waals surface area (Å²) < 4.78 is 5.13. The Morgan fingerprint density at radius 1 is 1.09 bits per heavy atom. The van der Waals surface area contributed by atoms with Crippen molar-refractivity contribution in [2.75, 3.05) is 36.0 Å². The van der Waals surface area contributed by atoms with Gasteiger partial charge >= 0.3 is 0 Å². The van der Waals surface area contributed by atoms with Crippen LogP contribution in [-0.4, -0.2) is 46.3 Å². The lowest BCUT2D eigenvalue weighted by molar-refractivity contribution is 0.376. The van der Waals surface area contributed by atoms with Crippen molar-refractivity contribution in [1.29, 1.82) is 0 Å². The highest BCUT2D eigenvalue weighted by Gasteiger charge is 2.27. The molecular formula is C16H22N6O. The zero-order valence-electron chi connectivity index (χ0n) is 13.5. The second-order valence-corrected chi connectivity index (χ2v) is 6.37.